The molecule has 0 aliphatic carbocycles. The third kappa shape index (κ3) is 4.72. The molecule has 3 heteroatoms. The summed E-state index contributed by atoms with van der Waals surface area (Å²) < 4.78 is 5.70. The van der Waals surface area contributed by atoms with E-state index in [1.54, 1.807) is 0 Å². The first kappa shape index (κ1) is 16.3. The second-order valence-corrected chi connectivity index (χ2v) is 6.29. The lowest BCUT2D eigenvalue weighted by molar-refractivity contribution is 0.0209. The van der Waals surface area contributed by atoms with E-state index < -0.39 is 6.10 Å². The molecular formula is C18H29NO2. The lowest BCUT2D eigenvalue weighted by Crippen LogP contribution is -2.48. The second-order valence-electron chi connectivity index (χ2n) is 6.29. The molecule has 1 aliphatic rings. The van der Waals surface area contributed by atoms with Crippen LogP contribution in [0.5, 0.6) is 5.75 Å². The molecule has 3 nitrogen and oxygen atoms in total. The van der Waals surface area contributed by atoms with Gasteiger partial charge in [-0.3, -0.25) is 4.90 Å². The van der Waals surface area contributed by atoms with E-state index >= 15 is 0 Å². The van der Waals surface area contributed by atoms with Crippen LogP contribution in [0.1, 0.15) is 45.6 Å². The van der Waals surface area contributed by atoms with Crippen LogP contribution in [0.4, 0.5) is 0 Å². The number of aliphatic hydroxyl groups is 1. The van der Waals surface area contributed by atoms with Gasteiger partial charge in [-0.25, -0.2) is 0 Å². The number of aryl methyl sites for hydroxylation is 1. The van der Waals surface area contributed by atoms with Gasteiger partial charge in [-0.2, -0.15) is 0 Å². The van der Waals surface area contributed by atoms with E-state index in [2.05, 4.69) is 37.8 Å². The molecule has 1 heterocycles. The third-order valence-corrected chi connectivity index (χ3v) is 4.57. The number of likely N-dealkylation sites (tertiary alicyclic amines) is 1. The lowest BCUT2D eigenvalue weighted by Gasteiger charge is -2.40. The first-order chi connectivity index (χ1) is 10.1. The van der Waals surface area contributed by atoms with Crippen molar-refractivity contribution in [2.24, 2.45) is 0 Å². The summed E-state index contributed by atoms with van der Waals surface area (Å²) in [4.78, 5) is 2.41. The third-order valence-electron chi connectivity index (χ3n) is 4.57. The molecule has 0 radical (unpaired) electrons. The van der Waals surface area contributed by atoms with Gasteiger partial charge in [0, 0.05) is 18.6 Å². The smallest absolute Gasteiger partial charge is 0.119 e. The van der Waals surface area contributed by atoms with Gasteiger partial charge in [0.2, 0.25) is 0 Å². The topological polar surface area (TPSA) is 32.7 Å². The molecule has 118 valence electrons. The molecule has 1 aromatic carbocycles. The molecule has 0 bridgehead atoms. The van der Waals surface area contributed by atoms with Crippen LogP contribution >= 0.6 is 0 Å². The minimum atomic E-state index is -0.432. The molecule has 1 saturated heterocycles. The summed E-state index contributed by atoms with van der Waals surface area (Å²) in [5.74, 6) is 0.839. The van der Waals surface area contributed by atoms with Crippen LogP contribution < -0.4 is 4.74 Å². The van der Waals surface area contributed by atoms with Crippen LogP contribution in [0.15, 0.2) is 24.3 Å². The average Bonchev–Trinajstić information content (AvgIpc) is 2.49. The van der Waals surface area contributed by atoms with Gasteiger partial charge in [-0.1, -0.05) is 25.5 Å². The highest BCUT2D eigenvalue weighted by atomic mass is 16.5. The Morgan fingerprint density at radius 3 is 2.38 bits per heavy atom. The summed E-state index contributed by atoms with van der Waals surface area (Å²) in [7, 11) is 0. The van der Waals surface area contributed by atoms with Crippen LogP contribution in [0.2, 0.25) is 0 Å². The maximum atomic E-state index is 10.2. The van der Waals surface area contributed by atoms with Crippen molar-refractivity contribution in [3.63, 3.8) is 0 Å². The number of hydrogen-bond donors (Lipinski definition) is 1. The molecule has 3 atom stereocenters. The van der Waals surface area contributed by atoms with E-state index in [0.29, 0.717) is 25.2 Å². The summed E-state index contributed by atoms with van der Waals surface area (Å²) in [6, 6.07) is 9.25. The Bertz CT molecular complexity index is 408. The number of rotatable bonds is 6. The van der Waals surface area contributed by atoms with Gasteiger partial charge in [0.15, 0.2) is 0 Å². The number of hydrogen-bond acceptors (Lipinski definition) is 3. The SMILES string of the molecule is CCc1ccc(OC[C@@H](O)CN2[C@@H](C)CCC[C@@H]2C)cc1. The predicted molar refractivity (Wildman–Crippen MR) is 86.8 cm³/mol. The fourth-order valence-electron chi connectivity index (χ4n) is 3.14. The van der Waals surface area contributed by atoms with Gasteiger partial charge in [-0.15, -0.1) is 0 Å². The van der Waals surface area contributed by atoms with Crippen molar-refractivity contribution >= 4 is 0 Å². The summed E-state index contributed by atoms with van der Waals surface area (Å²) >= 11 is 0. The zero-order chi connectivity index (χ0) is 15.2. The maximum Gasteiger partial charge on any atom is 0.119 e. The lowest BCUT2D eigenvalue weighted by atomic mass is 9.97. The van der Waals surface area contributed by atoms with Gasteiger partial charge >= 0.3 is 0 Å². The summed E-state index contributed by atoms with van der Waals surface area (Å²) in [5, 5.41) is 10.2. The maximum absolute atomic E-state index is 10.2. The standard InChI is InChI=1S/C18H29NO2/c1-4-16-8-10-18(11-9-16)21-13-17(20)12-19-14(2)6-5-7-15(19)3/h8-11,14-15,17,20H,4-7,12-13H2,1-3H3/t14-,15-,17-/m0/s1. The fourth-order valence-corrected chi connectivity index (χ4v) is 3.14. The number of benzene rings is 1. The molecule has 0 aromatic heterocycles. The minimum Gasteiger partial charge on any atom is -0.491 e. The Labute approximate surface area is 128 Å². The molecule has 1 fully saturated rings. The molecule has 0 unspecified atom stereocenters. The number of piperidine rings is 1. The zero-order valence-electron chi connectivity index (χ0n) is 13.6. The summed E-state index contributed by atoms with van der Waals surface area (Å²) in [6.07, 6.45) is 4.37. The number of β-amino-alcohol motifs (C(OH)–C–C–N with tert-alkyl or cyclic N) is 1. The van der Waals surface area contributed by atoms with E-state index in [1.807, 2.05) is 12.1 Å². The highest BCUT2D eigenvalue weighted by Crippen LogP contribution is 2.22. The molecule has 2 rings (SSSR count). The van der Waals surface area contributed by atoms with Crippen LogP contribution in [-0.4, -0.2) is 41.3 Å². The van der Waals surface area contributed by atoms with Crippen molar-refractivity contribution in [1.29, 1.82) is 0 Å². The van der Waals surface area contributed by atoms with Gasteiger partial charge in [0.05, 0.1) is 0 Å². The molecular weight excluding hydrogens is 262 g/mol. The second kappa shape index (κ2) is 7.81. The van der Waals surface area contributed by atoms with Crippen molar-refractivity contribution in [2.45, 2.75) is 64.6 Å². The first-order valence-corrected chi connectivity index (χ1v) is 8.25. The largest absolute Gasteiger partial charge is 0.491 e. The monoisotopic (exact) mass is 291 g/mol. The highest BCUT2D eigenvalue weighted by Gasteiger charge is 2.26. The van der Waals surface area contributed by atoms with E-state index in [4.69, 9.17) is 4.74 Å². The molecule has 0 spiro atoms. The van der Waals surface area contributed by atoms with Gasteiger partial charge in [-0.05, 0) is 50.8 Å². The van der Waals surface area contributed by atoms with Gasteiger partial charge in [0.25, 0.3) is 0 Å². The number of aliphatic hydroxyl groups excluding tert-OH is 1. The zero-order valence-corrected chi connectivity index (χ0v) is 13.6. The molecule has 0 saturated carbocycles. The minimum absolute atomic E-state index is 0.363. The van der Waals surface area contributed by atoms with Crippen LogP contribution in [0.3, 0.4) is 0 Å². The first-order valence-electron chi connectivity index (χ1n) is 8.25. The van der Waals surface area contributed by atoms with E-state index in [-0.39, 0.29) is 0 Å². The number of ether oxygens (including phenoxy) is 1. The van der Waals surface area contributed by atoms with E-state index in [9.17, 15) is 5.11 Å². The molecule has 0 amide bonds. The summed E-state index contributed by atoms with van der Waals surface area (Å²) in [5.41, 5.74) is 1.30. The Morgan fingerprint density at radius 1 is 1.19 bits per heavy atom. The van der Waals surface area contributed by atoms with Gasteiger partial charge in [0.1, 0.15) is 18.5 Å². The Kier molecular flexibility index (Phi) is 6.07. The van der Waals surface area contributed by atoms with Crippen molar-refractivity contribution < 1.29 is 9.84 Å². The van der Waals surface area contributed by atoms with Crippen molar-refractivity contribution in [1.82, 2.24) is 4.90 Å². The predicted octanol–water partition coefficient (Wildman–Crippen LogP) is 3.25. The van der Waals surface area contributed by atoms with Gasteiger partial charge < -0.3 is 9.84 Å². The van der Waals surface area contributed by atoms with E-state index in [1.165, 1.54) is 24.8 Å². The van der Waals surface area contributed by atoms with Crippen LogP contribution in [0.25, 0.3) is 0 Å². The molecule has 1 aromatic rings. The van der Waals surface area contributed by atoms with Crippen LogP contribution in [-0.2, 0) is 6.42 Å². The van der Waals surface area contributed by atoms with Crippen molar-refractivity contribution in [2.75, 3.05) is 13.2 Å². The highest BCUT2D eigenvalue weighted by molar-refractivity contribution is 5.27. The van der Waals surface area contributed by atoms with Crippen molar-refractivity contribution in [3.8, 4) is 5.75 Å². The van der Waals surface area contributed by atoms with E-state index in [0.717, 1.165) is 12.2 Å². The number of nitrogens with zero attached hydrogens (tertiary/aromatic N) is 1. The Hall–Kier alpha value is -1.06. The molecule has 1 aliphatic heterocycles. The quantitative estimate of drug-likeness (QED) is 0.873. The average molecular weight is 291 g/mol. The van der Waals surface area contributed by atoms with Crippen molar-refractivity contribution in [3.05, 3.63) is 29.8 Å². The normalized spacial score (nSPS) is 24.8. The molecule has 21 heavy (non-hydrogen) atoms. The summed E-state index contributed by atoms with van der Waals surface area (Å²) in [6.45, 7) is 7.72. The van der Waals surface area contributed by atoms with Crippen LogP contribution in [0, 0.1) is 0 Å². The molecule has 1 N–H and O–H groups in total. The Balaban J connectivity index is 1.79. The fraction of sp³-hybridized carbons (Fsp3) is 0.667. The Morgan fingerprint density at radius 2 is 1.81 bits per heavy atom.